The monoisotopic (exact) mass is 390 g/mol. The lowest BCUT2D eigenvalue weighted by atomic mass is 10.1. The molecule has 7 nitrogen and oxygen atoms in total. The number of carboxylic acid groups (broad SMARTS) is 1. The second-order valence-electron chi connectivity index (χ2n) is 6.04. The van der Waals surface area contributed by atoms with E-state index >= 15 is 0 Å². The Balaban J connectivity index is 2.01. The fourth-order valence-electron chi connectivity index (χ4n) is 3.46. The summed E-state index contributed by atoms with van der Waals surface area (Å²) in [7, 11) is 1.72. The number of amides is 1. The molecule has 0 saturated carbocycles. The molecular weight excluding hydrogens is 376 g/mol. The molecule has 0 radical (unpaired) electrons. The van der Waals surface area contributed by atoms with Crippen LogP contribution in [-0.2, 0) is 7.05 Å². The molecule has 1 saturated heterocycles. The molecule has 0 bridgehead atoms. The summed E-state index contributed by atoms with van der Waals surface area (Å²) in [4.78, 5) is 29.8. The number of imidazole rings is 1. The summed E-state index contributed by atoms with van der Waals surface area (Å²) in [5.74, 6) is 0. The van der Waals surface area contributed by atoms with Crippen molar-refractivity contribution in [1.82, 2.24) is 19.0 Å². The van der Waals surface area contributed by atoms with Crippen molar-refractivity contribution in [3.8, 4) is 0 Å². The minimum Gasteiger partial charge on any atom is -0.465 e. The van der Waals surface area contributed by atoms with Crippen molar-refractivity contribution in [3.05, 3.63) is 39.4 Å². The van der Waals surface area contributed by atoms with Gasteiger partial charge in [0.15, 0.2) is 0 Å². The van der Waals surface area contributed by atoms with Gasteiger partial charge in [-0.3, -0.25) is 14.1 Å². The molecular formula is C16H15BrN4O3. The summed E-state index contributed by atoms with van der Waals surface area (Å²) in [6.07, 6.45) is 1.39. The number of carbonyl (C=O) groups is 1. The highest BCUT2D eigenvalue weighted by Crippen LogP contribution is 2.30. The quantitative estimate of drug-likeness (QED) is 0.692. The normalized spacial score (nSPS) is 17.9. The van der Waals surface area contributed by atoms with E-state index in [9.17, 15) is 14.7 Å². The fraction of sp³-hybridized carbons (Fsp3) is 0.312. The van der Waals surface area contributed by atoms with Crippen molar-refractivity contribution in [2.75, 3.05) is 13.1 Å². The first-order valence-corrected chi connectivity index (χ1v) is 8.39. The lowest BCUT2D eigenvalue weighted by Crippen LogP contribution is -2.30. The Morgan fingerprint density at radius 1 is 1.42 bits per heavy atom. The van der Waals surface area contributed by atoms with Crippen LogP contribution in [0.4, 0.5) is 4.79 Å². The smallest absolute Gasteiger partial charge is 0.407 e. The first-order valence-electron chi connectivity index (χ1n) is 7.60. The van der Waals surface area contributed by atoms with Crippen LogP contribution in [0.2, 0.25) is 0 Å². The molecule has 1 aliphatic heterocycles. The number of nitrogens with zero attached hydrogens (tertiary/aromatic N) is 4. The predicted molar refractivity (Wildman–Crippen MR) is 93.4 cm³/mol. The zero-order chi connectivity index (χ0) is 17.0. The van der Waals surface area contributed by atoms with E-state index in [1.165, 1.54) is 4.90 Å². The molecule has 1 unspecified atom stereocenters. The molecule has 24 heavy (non-hydrogen) atoms. The van der Waals surface area contributed by atoms with Gasteiger partial charge < -0.3 is 10.0 Å². The van der Waals surface area contributed by atoms with Gasteiger partial charge in [0.05, 0.1) is 28.8 Å². The molecule has 1 aliphatic rings. The maximum Gasteiger partial charge on any atom is 0.407 e. The summed E-state index contributed by atoms with van der Waals surface area (Å²) in [5, 5.41) is 10.1. The van der Waals surface area contributed by atoms with Gasteiger partial charge in [-0.05, 0) is 24.6 Å². The topological polar surface area (TPSA) is 80.4 Å². The maximum absolute atomic E-state index is 12.8. The Labute approximate surface area is 145 Å². The Bertz CT molecular complexity index is 1040. The van der Waals surface area contributed by atoms with Crippen molar-refractivity contribution < 1.29 is 9.90 Å². The Hall–Kier alpha value is -2.35. The van der Waals surface area contributed by atoms with Crippen LogP contribution in [0.25, 0.3) is 21.9 Å². The average Bonchev–Trinajstić information content (AvgIpc) is 3.12. The molecule has 3 heterocycles. The van der Waals surface area contributed by atoms with Gasteiger partial charge in [-0.25, -0.2) is 9.59 Å². The number of rotatable bonds is 1. The molecule has 1 amide bonds. The Morgan fingerprint density at radius 2 is 2.21 bits per heavy atom. The van der Waals surface area contributed by atoms with E-state index in [2.05, 4.69) is 20.9 Å². The number of hydrogen-bond donors (Lipinski definition) is 1. The number of fused-ring (bicyclic) bond motifs is 3. The van der Waals surface area contributed by atoms with Gasteiger partial charge >= 0.3 is 11.8 Å². The van der Waals surface area contributed by atoms with Crippen LogP contribution in [0, 0.1) is 0 Å². The van der Waals surface area contributed by atoms with Gasteiger partial charge in [-0.1, -0.05) is 15.9 Å². The molecule has 0 spiro atoms. The zero-order valence-corrected chi connectivity index (χ0v) is 14.5. The van der Waals surface area contributed by atoms with Gasteiger partial charge in [0, 0.05) is 30.0 Å². The molecule has 2 aromatic heterocycles. The molecule has 1 N–H and O–H groups in total. The highest BCUT2D eigenvalue weighted by Gasteiger charge is 2.30. The summed E-state index contributed by atoms with van der Waals surface area (Å²) in [5.41, 5.74) is 2.22. The van der Waals surface area contributed by atoms with Crippen LogP contribution in [0.1, 0.15) is 12.5 Å². The molecule has 8 heteroatoms. The van der Waals surface area contributed by atoms with E-state index < -0.39 is 6.09 Å². The Morgan fingerprint density at radius 3 is 2.92 bits per heavy atom. The first kappa shape index (κ1) is 15.2. The van der Waals surface area contributed by atoms with E-state index in [1.54, 1.807) is 22.4 Å². The predicted octanol–water partition coefficient (Wildman–Crippen LogP) is 2.58. The molecule has 3 aromatic rings. The summed E-state index contributed by atoms with van der Waals surface area (Å²) in [6, 6.07) is 5.60. The summed E-state index contributed by atoms with van der Waals surface area (Å²) >= 11 is 3.47. The number of hydrogen-bond acceptors (Lipinski definition) is 3. The van der Waals surface area contributed by atoms with E-state index in [1.807, 2.05) is 18.2 Å². The van der Waals surface area contributed by atoms with Gasteiger partial charge in [-0.2, -0.15) is 0 Å². The molecule has 124 valence electrons. The lowest BCUT2D eigenvalue weighted by Gasteiger charge is -2.14. The van der Waals surface area contributed by atoms with Crippen molar-refractivity contribution in [1.29, 1.82) is 0 Å². The molecule has 1 fully saturated rings. The van der Waals surface area contributed by atoms with E-state index in [0.29, 0.717) is 19.5 Å². The van der Waals surface area contributed by atoms with Crippen molar-refractivity contribution in [3.63, 3.8) is 0 Å². The average molecular weight is 391 g/mol. The van der Waals surface area contributed by atoms with Crippen molar-refractivity contribution >= 4 is 44.0 Å². The Kier molecular flexibility index (Phi) is 3.38. The van der Waals surface area contributed by atoms with E-state index in [0.717, 1.165) is 26.4 Å². The van der Waals surface area contributed by atoms with Crippen LogP contribution in [0.5, 0.6) is 0 Å². The van der Waals surface area contributed by atoms with Crippen LogP contribution in [0.3, 0.4) is 0 Å². The van der Waals surface area contributed by atoms with Crippen molar-refractivity contribution in [2.24, 2.45) is 7.05 Å². The minimum absolute atomic E-state index is 0.142. The van der Waals surface area contributed by atoms with Gasteiger partial charge in [-0.15, -0.1) is 0 Å². The third kappa shape index (κ3) is 2.13. The molecule has 1 atom stereocenters. The summed E-state index contributed by atoms with van der Waals surface area (Å²) < 4.78 is 4.21. The number of likely N-dealkylation sites (tertiary alicyclic amines) is 1. The van der Waals surface area contributed by atoms with Crippen LogP contribution in [-0.4, -0.2) is 43.3 Å². The first-order chi connectivity index (χ1) is 11.5. The number of benzene rings is 1. The fourth-order valence-corrected chi connectivity index (χ4v) is 3.83. The second-order valence-corrected chi connectivity index (χ2v) is 6.95. The van der Waals surface area contributed by atoms with E-state index in [-0.39, 0.29) is 11.7 Å². The minimum atomic E-state index is -0.944. The van der Waals surface area contributed by atoms with Gasteiger partial charge in [0.2, 0.25) is 0 Å². The SMILES string of the molecule is Cn1c(=O)n(C2CCN(C(=O)O)C2)c2c3cc(Br)ccc3ncc21. The largest absolute Gasteiger partial charge is 0.465 e. The molecule has 4 rings (SSSR count). The number of halogens is 1. The van der Waals surface area contributed by atoms with Gasteiger partial charge in [0.25, 0.3) is 0 Å². The van der Waals surface area contributed by atoms with Crippen LogP contribution >= 0.6 is 15.9 Å². The molecule has 0 aliphatic carbocycles. The summed E-state index contributed by atoms with van der Waals surface area (Å²) in [6.45, 7) is 0.766. The highest BCUT2D eigenvalue weighted by atomic mass is 79.9. The standard InChI is InChI=1S/C16H15BrN4O3/c1-19-13-7-18-12-3-2-9(17)6-11(12)14(13)21(15(19)22)10-4-5-20(8-10)16(23)24/h2-3,6-7,10H,4-5,8H2,1H3,(H,23,24). The van der Waals surface area contributed by atoms with Crippen molar-refractivity contribution in [2.45, 2.75) is 12.5 Å². The number of pyridine rings is 1. The van der Waals surface area contributed by atoms with Crippen LogP contribution < -0.4 is 5.69 Å². The number of aromatic nitrogens is 3. The van der Waals surface area contributed by atoms with Crippen LogP contribution in [0.15, 0.2) is 33.7 Å². The second kappa shape index (κ2) is 5.34. The maximum atomic E-state index is 12.8. The van der Waals surface area contributed by atoms with Gasteiger partial charge in [0.1, 0.15) is 0 Å². The lowest BCUT2D eigenvalue weighted by molar-refractivity contribution is 0.154. The third-order valence-electron chi connectivity index (χ3n) is 4.68. The highest BCUT2D eigenvalue weighted by molar-refractivity contribution is 9.10. The molecule has 1 aromatic carbocycles. The van der Waals surface area contributed by atoms with E-state index in [4.69, 9.17) is 0 Å². The zero-order valence-electron chi connectivity index (χ0n) is 12.9. The number of aryl methyl sites for hydroxylation is 1. The third-order valence-corrected chi connectivity index (χ3v) is 5.17.